The fourth-order valence-corrected chi connectivity index (χ4v) is 3.47. The number of anilines is 1. The molecule has 6 heteroatoms. The molecule has 0 aliphatic heterocycles. The number of hydrogen-bond acceptors (Lipinski definition) is 3. The minimum absolute atomic E-state index is 0.151. The van der Waals surface area contributed by atoms with Crippen molar-refractivity contribution in [3.63, 3.8) is 0 Å². The van der Waals surface area contributed by atoms with Gasteiger partial charge in [0.1, 0.15) is 5.82 Å². The number of rotatable bonds is 4. The number of nitrogens with one attached hydrogen (secondary N) is 1. The maximum absolute atomic E-state index is 13.1. The van der Waals surface area contributed by atoms with Crippen LogP contribution in [0.25, 0.3) is 0 Å². The van der Waals surface area contributed by atoms with Crippen molar-refractivity contribution in [3.8, 4) is 0 Å². The van der Waals surface area contributed by atoms with E-state index < -0.39 is 15.8 Å². The molecule has 2 aromatic carbocycles. The van der Waals surface area contributed by atoms with Gasteiger partial charge in [0.15, 0.2) is 0 Å². The molecule has 3 N–H and O–H groups in total. The molecule has 0 radical (unpaired) electrons. The molecular weight excluding hydrogens is 291 g/mol. The van der Waals surface area contributed by atoms with Crippen molar-refractivity contribution in [1.82, 2.24) is 0 Å². The van der Waals surface area contributed by atoms with Gasteiger partial charge in [-0.3, -0.25) is 4.72 Å². The molecule has 0 aliphatic rings. The average Bonchev–Trinajstić information content (AvgIpc) is 2.37. The number of benzene rings is 2. The van der Waals surface area contributed by atoms with Crippen molar-refractivity contribution in [2.75, 3.05) is 4.72 Å². The molecule has 2 rings (SSSR count). The van der Waals surface area contributed by atoms with Gasteiger partial charge in [-0.25, -0.2) is 12.8 Å². The zero-order valence-corrected chi connectivity index (χ0v) is 12.7. The Labute approximate surface area is 123 Å². The van der Waals surface area contributed by atoms with Gasteiger partial charge in [0.25, 0.3) is 10.0 Å². The van der Waals surface area contributed by atoms with Gasteiger partial charge in [-0.1, -0.05) is 12.1 Å². The number of halogens is 1. The van der Waals surface area contributed by atoms with E-state index in [2.05, 4.69) is 4.72 Å². The maximum atomic E-state index is 13.1. The van der Waals surface area contributed by atoms with Crippen molar-refractivity contribution in [3.05, 3.63) is 58.9 Å². The highest BCUT2D eigenvalue weighted by Crippen LogP contribution is 2.23. The van der Waals surface area contributed by atoms with Gasteiger partial charge in [-0.05, 0) is 54.8 Å². The second kappa shape index (κ2) is 5.83. The SMILES string of the molecule is Cc1cc(C)c(S(=O)(=O)Nc2cccc(F)c2)cc1CN. The Morgan fingerprint density at radius 1 is 1.14 bits per heavy atom. The first kappa shape index (κ1) is 15.5. The van der Waals surface area contributed by atoms with E-state index in [-0.39, 0.29) is 17.1 Å². The molecule has 0 heterocycles. The van der Waals surface area contributed by atoms with Crippen LogP contribution in [0, 0.1) is 19.7 Å². The first-order valence-corrected chi connectivity index (χ1v) is 7.90. The Morgan fingerprint density at radius 3 is 2.48 bits per heavy atom. The monoisotopic (exact) mass is 308 g/mol. The highest BCUT2D eigenvalue weighted by atomic mass is 32.2. The molecule has 0 aromatic heterocycles. The second-order valence-corrected chi connectivity index (χ2v) is 6.51. The van der Waals surface area contributed by atoms with Gasteiger partial charge in [0.05, 0.1) is 10.6 Å². The summed E-state index contributed by atoms with van der Waals surface area (Å²) in [4.78, 5) is 0.151. The van der Waals surface area contributed by atoms with Gasteiger partial charge < -0.3 is 5.73 Å². The lowest BCUT2D eigenvalue weighted by Crippen LogP contribution is -2.15. The Kier molecular flexibility index (Phi) is 4.29. The summed E-state index contributed by atoms with van der Waals surface area (Å²) < 4.78 is 40.4. The molecule has 0 atom stereocenters. The van der Waals surface area contributed by atoms with E-state index in [9.17, 15) is 12.8 Å². The minimum atomic E-state index is -3.78. The normalized spacial score (nSPS) is 11.4. The predicted molar refractivity (Wildman–Crippen MR) is 81.0 cm³/mol. The predicted octanol–water partition coefficient (Wildman–Crippen LogP) is 2.70. The topological polar surface area (TPSA) is 72.2 Å². The van der Waals surface area contributed by atoms with Crippen molar-refractivity contribution >= 4 is 15.7 Å². The second-order valence-electron chi connectivity index (χ2n) is 4.86. The quantitative estimate of drug-likeness (QED) is 0.912. The largest absolute Gasteiger partial charge is 0.326 e. The van der Waals surface area contributed by atoms with Crippen LogP contribution in [0.5, 0.6) is 0 Å². The zero-order valence-electron chi connectivity index (χ0n) is 11.9. The van der Waals surface area contributed by atoms with Crippen LogP contribution in [0.1, 0.15) is 16.7 Å². The third-order valence-corrected chi connectivity index (χ3v) is 4.74. The van der Waals surface area contributed by atoms with Gasteiger partial charge in [-0.15, -0.1) is 0 Å². The lowest BCUT2D eigenvalue weighted by Gasteiger charge is -2.13. The van der Waals surface area contributed by atoms with Crippen molar-refractivity contribution < 1.29 is 12.8 Å². The standard InChI is InChI=1S/C15H17FN2O2S/c1-10-6-11(2)15(7-12(10)9-17)21(19,20)18-14-5-3-4-13(16)8-14/h3-8,18H,9,17H2,1-2H3. The van der Waals surface area contributed by atoms with Crippen LogP contribution in [0.4, 0.5) is 10.1 Å². The summed E-state index contributed by atoms with van der Waals surface area (Å²) in [5.74, 6) is -0.501. The fraction of sp³-hybridized carbons (Fsp3) is 0.200. The molecule has 0 saturated heterocycles. The van der Waals surface area contributed by atoms with Crippen LogP contribution in [-0.4, -0.2) is 8.42 Å². The van der Waals surface area contributed by atoms with Crippen LogP contribution >= 0.6 is 0 Å². The number of nitrogens with two attached hydrogens (primary N) is 1. The van der Waals surface area contributed by atoms with E-state index >= 15 is 0 Å². The summed E-state index contributed by atoms with van der Waals surface area (Å²) in [6.45, 7) is 3.85. The summed E-state index contributed by atoms with van der Waals surface area (Å²) in [5, 5.41) is 0. The Bertz CT molecular complexity index is 773. The lowest BCUT2D eigenvalue weighted by atomic mass is 10.1. The molecule has 2 aromatic rings. The Hall–Kier alpha value is -1.92. The number of hydrogen-bond donors (Lipinski definition) is 2. The van der Waals surface area contributed by atoms with Gasteiger partial charge in [0, 0.05) is 6.54 Å². The average molecular weight is 308 g/mol. The van der Waals surface area contributed by atoms with Crippen LogP contribution in [0.3, 0.4) is 0 Å². The molecular formula is C15H17FN2O2S. The van der Waals surface area contributed by atoms with Crippen LogP contribution in [-0.2, 0) is 16.6 Å². The summed E-state index contributed by atoms with van der Waals surface area (Å²) in [5.41, 5.74) is 8.13. The molecule has 0 fully saturated rings. The van der Waals surface area contributed by atoms with Gasteiger partial charge in [-0.2, -0.15) is 0 Å². The fourth-order valence-electron chi connectivity index (χ4n) is 2.15. The van der Waals surface area contributed by atoms with E-state index in [1.54, 1.807) is 19.1 Å². The van der Waals surface area contributed by atoms with Gasteiger partial charge in [0.2, 0.25) is 0 Å². The molecule has 4 nitrogen and oxygen atoms in total. The Morgan fingerprint density at radius 2 is 1.86 bits per heavy atom. The third kappa shape index (κ3) is 3.40. The first-order chi connectivity index (χ1) is 9.83. The zero-order chi connectivity index (χ0) is 15.6. The maximum Gasteiger partial charge on any atom is 0.262 e. The molecule has 0 unspecified atom stereocenters. The Balaban J connectivity index is 2.44. The third-order valence-electron chi connectivity index (χ3n) is 3.22. The van der Waals surface area contributed by atoms with Crippen molar-refractivity contribution in [2.24, 2.45) is 5.73 Å². The van der Waals surface area contributed by atoms with Crippen LogP contribution in [0.2, 0.25) is 0 Å². The van der Waals surface area contributed by atoms with Crippen molar-refractivity contribution in [2.45, 2.75) is 25.3 Å². The minimum Gasteiger partial charge on any atom is -0.326 e. The molecule has 21 heavy (non-hydrogen) atoms. The first-order valence-electron chi connectivity index (χ1n) is 6.42. The molecule has 0 spiro atoms. The van der Waals surface area contributed by atoms with E-state index in [1.165, 1.54) is 18.2 Å². The summed E-state index contributed by atoms with van der Waals surface area (Å²) >= 11 is 0. The lowest BCUT2D eigenvalue weighted by molar-refractivity contribution is 0.600. The molecule has 0 aliphatic carbocycles. The summed E-state index contributed by atoms with van der Waals surface area (Å²) in [6, 6.07) is 8.66. The summed E-state index contributed by atoms with van der Waals surface area (Å²) in [6.07, 6.45) is 0. The van der Waals surface area contributed by atoms with E-state index in [1.807, 2.05) is 6.92 Å². The highest BCUT2D eigenvalue weighted by Gasteiger charge is 2.18. The van der Waals surface area contributed by atoms with E-state index in [0.29, 0.717) is 5.56 Å². The summed E-state index contributed by atoms with van der Waals surface area (Å²) in [7, 11) is -3.78. The van der Waals surface area contributed by atoms with Crippen LogP contribution < -0.4 is 10.5 Å². The van der Waals surface area contributed by atoms with E-state index in [4.69, 9.17) is 5.73 Å². The van der Waals surface area contributed by atoms with Gasteiger partial charge >= 0.3 is 0 Å². The molecule has 112 valence electrons. The number of sulfonamides is 1. The molecule has 0 bridgehead atoms. The number of aryl methyl sites for hydroxylation is 2. The molecule has 0 amide bonds. The molecule has 0 saturated carbocycles. The van der Waals surface area contributed by atoms with E-state index in [0.717, 1.165) is 17.2 Å². The smallest absolute Gasteiger partial charge is 0.262 e. The highest BCUT2D eigenvalue weighted by molar-refractivity contribution is 7.92. The van der Waals surface area contributed by atoms with Crippen molar-refractivity contribution in [1.29, 1.82) is 0 Å². The van der Waals surface area contributed by atoms with Crippen LogP contribution in [0.15, 0.2) is 41.3 Å².